The van der Waals surface area contributed by atoms with Gasteiger partial charge in [0.15, 0.2) is 11.6 Å². The van der Waals surface area contributed by atoms with E-state index in [9.17, 15) is 4.39 Å². The van der Waals surface area contributed by atoms with Crippen LogP contribution in [0.2, 0.25) is 5.02 Å². The van der Waals surface area contributed by atoms with Gasteiger partial charge in [-0.3, -0.25) is 4.68 Å². The van der Waals surface area contributed by atoms with Gasteiger partial charge >= 0.3 is 0 Å². The van der Waals surface area contributed by atoms with Crippen LogP contribution in [-0.4, -0.2) is 16.9 Å². The molecule has 5 heteroatoms. The number of benzene rings is 2. The molecule has 0 N–H and O–H groups in total. The number of fused-ring (bicyclic) bond motifs is 1. The normalized spacial score (nSPS) is 11.1. The van der Waals surface area contributed by atoms with E-state index in [4.69, 9.17) is 16.3 Å². The first kappa shape index (κ1) is 14.9. The van der Waals surface area contributed by atoms with E-state index in [1.54, 1.807) is 12.1 Å². The standard InChI is InChI=1S/C17H16ClFN2O/c1-3-9-21-17-12(5-4-6-13(17)18)16(20-21)11-7-8-15(22-2)14(19)10-11/h4-8,10H,3,9H2,1-2H3. The van der Waals surface area contributed by atoms with Crippen LogP contribution in [0.25, 0.3) is 22.2 Å². The van der Waals surface area contributed by atoms with Crippen LogP contribution >= 0.6 is 11.6 Å². The summed E-state index contributed by atoms with van der Waals surface area (Å²) in [6, 6.07) is 10.5. The van der Waals surface area contributed by atoms with Crippen molar-refractivity contribution in [3.05, 3.63) is 47.2 Å². The smallest absolute Gasteiger partial charge is 0.165 e. The van der Waals surface area contributed by atoms with Crippen LogP contribution in [0.4, 0.5) is 4.39 Å². The first-order valence-electron chi connectivity index (χ1n) is 7.14. The molecule has 1 aromatic heterocycles. The maximum Gasteiger partial charge on any atom is 0.165 e. The summed E-state index contributed by atoms with van der Waals surface area (Å²) in [7, 11) is 1.45. The summed E-state index contributed by atoms with van der Waals surface area (Å²) in [5, 5.41) is 6.20. The molecular weight excluding hydrogens is 303 g/mol. The third-order valence-corrected chi connectivity index (χ3v) is 3.89. The maximum atomic E-state index is 14.0. The second-order valence-electron chi connectivity index (χ2n) is 5.06. The Kier molecular flexibility index (Phi) is 4.03. The Hall–Kier alpha value is -2.07. The van der Waals surface area contributed by atoms with E-state index in [1.165, 1.54) is 13.2 Å². The van der Waals surface area contributed by atoms with E-state index in [2.05, 4.69) is 12.0 Å². The van der Waals surface area contributed by atoms with Gasteiger partial charge in [-0.25, -0.2) is 4.39 Å². The molecule has 114 valence electrons. The lowest BCUT2D eigenvalue weighted by molar-refractivity contribution is 0.386. The fraction of sp³-hybridized carbons (Fsp3) is 0.235. The number of halogens is 2. The van der Waals surface area contributed by atoms with Crippen LogP contribution in [0.5, 0.6) is 5.75 Å². The molecule has 0 radical (unpaired) electrons. The largest absolute Gasteiger partial charge is 0.494 e. The number of hydrogen-bond donors (Lipinski definition) is 0. The zero-order chi connectivity index (χ0) is 15.7. The lowest BCUT2D eigenvalue weighted by Gasteiger charge is -2.03. The van der Waals surface area contributed by atoms with E-state index >= 15 is 0 Å². The van der Waals surface area contributed by atoms with E-state index in [-0.39, 0.29) is 5.75 Å². The number of para-hydroxylation sites is 1. The molecule has 3 aromatic rings. The Labute approximate surface area is 133 Å². The minimum Gasteiger partial charge on any atom is -0.494 e. The van der Waals surface area contributed by atoms with E-state index in [1.807, 2.05) is 22.9 Å². The summed E-state index contributed by atoms with van der Waals surface area (Å²) in [6.45, 7) is 2.84. The van der Waals surface area contributed by atoms with Crippen molar-refractivity contribution in [3.8, 4) is 17.0 Å². The molecule has 0 saturated heterocycles. The highest BCUT2D eigenvalue weighted by Crippen LogP contribution is 2.33. The van der Waals surface area contributed by atoms with E-state index in [0.717, 1.165) is 29.6 Å². The first-order chi connectivity index (χ1) is 10.7. The highest BCUT2D eigenvalue weighted by molar-refractivity contribution is 6.35. The average molecular weight is 319 g/mol. The Morgan fingerprint density at radius 1 is 1.27 bits per heavy atom. The van der Waals surface area contributed by atoms with Crippen LogP contribution in [0.3, 0.4) is 0 Å². The van der Waals surface area contributed by atoms with Gasteiger partial charge in [-0.2, -0.15) is 5.10 Å². The molecule has 3 nitrogen and oxygen atoms in total. The van der Waals surface area contributed by atoms with Gasteiger partial charge in [0.1, 0.15) is 5.69 Å². The SMILES string of the molecule is CCCn1nc(-c2ccc(OC)c(F)c2)c2cccc(Cl)c21. The molecule has 0 fully saturated rings. The lowest BCUT2D eigenvalue weighted by atomic mass is 10.1. The predicted octanol–water partition coefficient (Wildman–Crippen LogP) is 4.91. The van der Waals surface area contributed by atoms with Gasteiger partial charge in [-0.05, 0) is 30.7 Å². The van der Waals surface area contributed by atoms with Crippen LogP contribution in [0.1, 0.15) is 13.3 Å². The van der Waals surface area contributed by atoms with Crippen molar-refractivity contribution >= 4 is 22.5 Å². The van der Waals surface area contributed by atoms with Crippen LogP contribution < -0.4 is 4.74 Å². The number of rotatable bonds is 4. The topological polar surface area (TPSA) is 27.1 Å². The number of aryl methyl sites for hydroxylation is 1. The van der Waals surface area contributed by atoms with E-state index < -0.39 is 5.82 Å². The van der Waals surface area contributed by atoms with Crippen molar-refractivity contribution in [1.82, 2.24) is 9.78 Å². The summed E-state index contributed by atoms with van der Waals surface area (Å²) >= 11 is 6.32. The number of hydrogen-bond acceptors (Lipinski definition) is 2. The lowest BCUT2D eigenvalue weighted by Crippen LogP contribution is -1.99. The Morgan fingerprint density at radius 3 is 2.77 bits per heavy atom. The number of methoxy groups -OCH3 is 1. The zero-order valence-corrected chi connectivity index (χ0v) is 13.2. The number of nitrogens with zero attached hydrogens (tertiary/aromatic N) is 2. The molecule has 0 spiro atoms. The summed E-state index contributed by atoms with van der Waals surface area (Å²) < 4.78 is 20.8. The molecule has 0 aliphatic carbocycles. The summed E-state index contributed by atoms with van der Waals surface area (Å²) in [5.74, 6) is -0.181. The van der Waals surface area contributed by atoms with Gasteiger partial charge in [0.25, 0.3) is 0 Å². The summed E-state index contributed by atoms with van der Waals surface area (Å²) in [6.07, 6.45) is 0.943. The molecular formula is C17H16ClFN2O. The first-order valence-corrected chi connectivity index (χ1v) is 7.52. The van der Waals surface area contributed by atoms with Crippen molar-refractivity contribution in [1.29, 1.82) is 0 Å². The Bertz CT molecular complexity index is 829. The van der Waals surface area contributed by atoms with Gasteiger partial charge in [0, 0.05) is 17.5 Å². The molecule has 0 unspecified atom stereocenters. The molecule has 0 aliphatic heterocycles. The average Bonchev–Trinajstić information content (AvgIpc) is 2.88. The molecule has 1 heterocycles. The Morgan fingerprint density at radius 2 is 2.09 bits per heavy atom. The van der Waals surface area contributed by atoms with Gasteiger partial charge in [0.05, 0.1) is 17.6 Å². The van der Waals surface area contributed by atoms with Gasteiger partial charge in [0.2, 0.25) is 0 Å². The molecule has 22 heavy (non-hydrogen) atoms. The second-order valence-corrected chi connectivity index (χ2v) is 5.46. The Balaban J connectivity index is 2.23. The molecule has 0 bridgehead atoms. The monoisotopic (exact) mass is 318 g/mol. The van der Waals surface area contributed by atoms with Crippen molar-refractivity contribution in [2.75, 3.05) is 7.11 Å². The second kappa shape index (κ2) is 5.97. The highest BCUT2D eigenvalue weighted by atomic mass is 35.5. The van der Waals surface area contributed by atoms with Gasteiger partial charge in [-0.15, -0.1) is 0 Å². The van der Waals surface area contributed by atoms with Crippen LogP contribution in [0.15, 0.2) is 36.4 Å². The molecule has 0 amide bonds. The van der Waals surface area contributed by atoms with Crippen LogP contribution in [0, 0.1) is 5.82 Å². The van der Waals surface area contributed by atoms with Crippen molar-refractivity contribution in [2.24, 2.45) is 0 Å². The predicted molar refractivity (Wildman–Crippen MR) is 87.0 cm³/mol. The molecule has 0 atom stereocenters. The maximum absolute atomic E-state index is 14.0. The quantitative estimate of drug-likeness (QED) is 0.683. The fourth-order valence-corrected chi connectivity index (χ4v) is 2.87. The highest BCUT2D eigenvalue weighted by Gasteiger charge is 2.15. The molecule has 3 rings (SSSR count). The molecule has 0 aliphatic rings. The van der Waals surface area contributed by atoms with Gasteiger partial charge in [-0.1, -0.05) is 30.7 Å². The van der Waals surface area contributed by atoms with Crippen molar-refractivity contribution < 1.29 is 9.13 Å². The molecule has 0 saturated carbocycles. The number of ether oxygens (including phenoxy) is 1. The minimum atomic E-state index is -0.403. The van der Waals surface area contributed by atoms with Gasteiger partial charge < -0.3 is 4.74 Å². The summed E-state index contributed by atoms with van der Waals surface area (Å²) in [5.41, 5.74) is 2.32. The fourth-order valence-electron chi connectivity index (χ4n) is 2.59. The minimum absolute atomic E-state index is 0.221. The summed E-state index contributed by atoms with van der Waals surface area (Å²) in [4.78, 5) is 0. The third-order valence-electron chi connectivity index (χ3n) is 3.58. The molecule has 2 aromatic carbocycles. The number of aromatic nitrogens is 2. The van der Waals surface area contributed by atoms with Crippen molar-refractivity contribution in [2.45, 2.75) is 19.9 Å². The zero-order valence-electron chi connectivity index (χ0n) is 12.4. The van der Waals surface area contributed by atoms with Crippen molar-refractivity contribution in [3.63, 3.8) is 0 Å². The van der Waals surface area contributed by atoms with Crippen LogP contribution in [-0.2, 0) is 6.54 Å². The van der Waals surface area contributed by atoms with E-state index in [0.29, 0.717) is 10.6 Å². The third kappa shape index (κ3) is 2.44.